The number of aromatic nitrogens is 2. The molecule has 0 saturated heterocycles. The highest BCUT2D eigenvalue weighted by molar-refractivity contribution is 14.1. The van der Waals surface area contributed by atoms with Crippen LogP contribution >= 0.6 is 22.6 Å². The molecule has 0 radical (unpaired) electrons. The molecular weight excluding hydrogens is 347 g/mol. The molecule has 0 aliphatic carbocycles. The Balaban J connectivity index is 2.10. The van der Waals surface area contributed by atoms with E-state index in [0.717, 1.165) is 3.57 Å². The number of esters is 1. The molecule has 18 heavy (non-hydrogen) atoms. The van der Waals surface area contributed by atoms with Crippen LogP contribution in [0.1, 0.15) is 10.5 Å². The molecule has 0 fully saturated rings. The topological polar surface area (TPSA) is 61.3 Å². The maximum atomic E-state index is 11.2. The molecule has 6 heteroatoms. The van der Waals surface area contributed by atoms with Crippen LogP contribution in [0.5, 0.6) is 11.6 Å². The van der Waals surface area contributed by atoms with E-state index in [1.807, 2.05) is 24.3 Å². The lowest BCUT2D eigenvalue weighted by Crippen LogP contribution is -2.04. The van der Waals surface area contributed by atoms with Gasteiger partial charge in [-0.2, -0.15) is 0 Å². The van der Waals surface area contributed by atoms with Crippen molar-refractivity contribution in [3.63, 3.8) is 0 Å². The average Bonchev–Trinajstić information content (AvgIpc) is 2.41. The Morgan fingerprint density at radius 2 is 1.89 bits per heavy atom. The molecule has 92 valence electrons. The predicted molar refractivity (Wildman–Crippen MR) is 72.6 cm³/mol. The molecule has 1 aromatic heterocycles. The number of hydrogen-bond acceptors (Lipinski definition) is 5. The zero-order chi connectivity index (χ0) is 13.0. The fraction of sp³-hybridized carbons (Fsp3) is 0.0833. The average molecular weight is 356 g/mol. The summed E-state index contributed by atoms with van der Waals surface area (Å²) in [6.45, 7) is 0. The number of methoxy groups -OCH3 is 1. The number of halogens is 1. The normalized spacial score (nSPS) is 9.89. The molecular formula is C12H9IN2O3. The summed E-state index contributed by atoms with van der Waals surface area (Å²) < 4.78 is 11.1. The lowest BCUT2D eigenvalue weighted by atomic mass is 10.3. The first-order valence-electron chi connectivity index (χ1n) is 5.03. The zero-order valence-electron chi connectivity index (χ0n) is 9.46. The van der Waals surface area contributed by atoms with E-state index in [2.05, 4.69) is 37.3 Å². The molecule has 0 aliphatic rings. The van der Waals surface area contributed by atoms with Crippen molar-refractivity contribution in [3.8, 4) is 11.6 Å². The maximum absolute atomic E-state index is 11.2. The summed E-state index contributed by atoms with van der Waals surface area (Å²) in [5.41, 5.74) is 0.146. The van der Waals surface area contributed by atoms with E-state index < -0.39 is 5.97 Å². The molecule has 2 rings (SSSR count). The van der Waals surface area contributed by atoms with E-state index in [0.29, 0.717) is 11.6 Å². The molecule has 0 amide bonds. The van der Waals surface area contributed by atoms with Gasteiger partial charge in [0.25, 0.3) is 0 Å². The van der Waals surface area contributed by atoms with E-state index in [4.69, 9.17) is 4.74 Å². The van der Waals surface area contributed by atoms with Gasteiger partial charge in [0, 0.05) is 3.57 Å². The SMILES string of the molecule is COC(=O)c1cnc(Oc2ccc(I)cc2)cn1. The third-order valence-electron chi connectivity index (χ3n) is 2.06. The summed E-state index contributed by atoms with van der Waals surface area (Å²) in [5, 5.41) is 0. The Hall–Kier alpha value is -1.70. The fourth-order valence-electron chi connectivity index (χ4n) is 1.20. The van der Waals surface area contributed by atoms with Crippen LogP contribution in [0, 0.1) is 3.57 Å². The fourth-order valence-corrected chi connectivity index (χ4v) is 1.56. The Morgan fingerprint density at radius 1 is 1.17 bits per heavy atom. The van der Waals surface area contributed by atoms with Crippen molar-refractivity contribution in [2.45, 2.75) is 0 Å². The van der Waals surface area contributed by atoms with Gasteiger partial charge in [-0.3, -0.25) is 0 Å². The molecule has 1 aromatic carbocycles. The zero-order valence-corrected chi connectivity index (χ0v) is 11.6. The van der Waals surface area contributed by atoms with Crippen LogP contribution in [0.4, 0.5) is 0 Å². The van der Waals surface area contributed by atoms with Crippen LogP contribution in [0.15, 0.2) is 36.7 Å². The molecule has 0 N–H and O–H groups in total. The summed E-state index contributed by atoms with van der Waals surface area (Å²) in [6.07, 6.45) is 2.69. The minimum atomic E-state index is -0.525. The first-order valence-corrected chi connectivity index (χ1v) is 6.10. The van der Waals surface area contributed by atoms with Gasteiger partial charge in [-0.05, 0) is 46.9 Å². The third-order valence-corrected chi connectivity index (χ3v) is 2.78. The van der Waals surface area contributed by atoms with Crippen molar-refractivity contribution in [1.29, 1.82) is 0 Å². The van der Waals surface area contributed by atoms with Gasteiger partial charge in [-0.1, -0.05) is 0 Å². The summed E-state index contributed by atoms with van der Waals surface area (Å²) in [6, 6.07) is 7.51. The molecule has 2 aromatic rings. The van der Waals surface area contributed by atoms with E-state index in [9.17, 15) is 4.79 Å². The van der Waals surface area contributed by atoms with Gasteiger partial charge in [0.05, 0.1) is 19.5 Å². The molecule has 0 aliphatic heterocycles. The molecule has 0 saturated carbocycles. The maximum Gasteiger partial charge on any atom is 0.358 e. The highest BCUT2D eigenvalue weighted by Gasteiger charge is 2.08. The standard InChI is InChI=1S/C12H9IN2O3/c1-17-12(16)10-6-15-11(7-14-10)18-9-4-2-8(13)3-5-9/h2-7H,1H3. The van der Waals surface area contributed by atoms with Gasteiger partial charge in [-0.25, -0.2) is 14.8 Å². The van der Waals surface area contributed by atoms with Gasteiger partial charge in [0.2, 0.25) is 5.88 Å². The highest BCUT2D eigenvalue weighted by atomic mass is 127. The van der Waals surface area contributed by atoms with Crippen LogP contribution in [0.3, 0.4) is 0 Å². The van der Waals surface area contributed by atoms with Crippen LogP contribution < -0.4 is 4.74 Å². The molecule has 0 spiro atoms. The quantitative estimate of drug-likeness (QED) is 0.625. The monoisotopic (exact) mass is 356 g/mol. The largest absolute Gasteiger partial charge is 0.464 e. The van der Waals surface area contributed by atoms with E-state index in [1.54, 1.807) is 0 Å². The smallest absolute Gasteiger partial charge is 0.358 e. The Bertz CT molecular complexity index is 540. The highest BCUT2D eigenvalue weighted by Crippen LogP contribution is 2.19. The summed E-state index contributed by atoms with van der Waals surface area (Å²) in [4.78, 5) is 19.0. The van der Waals surface area contributed by atoms with Crippen LogP contribution in [0.2, 0.25) is 0 Å². The van der Waals surface area contributed by atoms with Gasteiger partial charge in [-0.15, -0.1) is 0 Å². The first-order chi connectivity index (χ1) is 8.69. The van der Waals surface area contributed by atoms with Gasteiger partial charge in [0.15, 0.2) is 5.69 Å². The molecule has 0 bridgehead atoms. The number of hydrogen-bond donors (Lipinski definition) is 0. The van der Waals surface area contributed by atoms with E-state index in [-0.39, 0.29) is 5.69 Å². The molecule has 5 nitrogen and oxygen atoms in total. The van der Waals surface area contributed by atoms with Crippen molar-refractivity contribution < 1.29 is 14.3 Å². The van der Waals surface area contributed by atoms with Crippen molar-refractivity contribution in [1.82, 2.24) is 9.97 Å². The Morgan fingerprint density at radius 3 is 2.44 bits per heavy atom. The van der Waals surface area contributed by atoms with Crippen molar-refractivity contribution >= 4 is 28.6 Å². The van der Waals surface area contributed by atoms with Gasteiger partial charge >= 0.3 is 5.97 Å². The number of benzene rings is 1. The van der Waals surface area contributed by atoms with Crippen molar-refractivity contribution in [2.24, 2.45) is 0 Å². The van der Waals surface area contributed by atoms with Crippen molar-refractivity contribution in [2.75, 3.05) is 7.11 Å². The van der Waals surface area contributed by atoms with E-state index >= 15 is 0 Å². The minimum Gasteiger partial charge on any atom is -0.464 e. The van der Waals surface area contributed by atoms with Crippen LogP contribution in [0.25, 0.3) is 0 Å². The van der Waals surface area contributed by atoms with Gasteiger partial charge < -0.3 is 9.47 Å². The predicted octanol–water partition coefficient (Wildman–Crippen LogP) is 2.66. The second kappa shape index (κ2) is 5.76. The van der Waals surface area contributed by atoms with Crippen LogP contribution in [-0.2, 0) is 4.74 Å². The summed E-state index contributed by atoms with van der Waals surface area (Å²) >= 11 is 2.21. The number of carbonyl (C=O) groups is 1. The third kappa shape index (κ3) is 3.16. The second-order valence-electron chi connectivity index (χ2n) is 3.29. The van der Waals surface area contributed by atoms with Crippen molar-refractivity contribution in [3.05, 3.63) is 45.9 Å². The first kappa shape index (κ1) is 12.7. The Kier molecular flexibility index (Phi) is 4.08. The second-order valence-corrected chi connectivity index (χ2v) is 4.53. The number of rotatable bonds is 3. The minimum absolute atomic E-state index is 0.146. The number of carbonyl (C=O) groups excluding carboxylic acids is 1. The van der Waals surface area contributed by atoms with Crippen LogP contribution in [-0.4, -0.2) is 23.0 Å². The molecule has 0 atom stereocenters. The number of nitrogens with zero attached hydrogens (tertiary/aromatic N) is 2. The number of ether oxygens (including phenoxy) is 2. The lowest BCUT2D eigenvalue weighted by molar-refractivity contribution is 0.0593. The van der Waals surface area contributed by atoms with E-state index in [1.165, 1.54) is 19.5 Å². The summed E-state index contributed by atoms with van der Waals surface area (Å²) in [5.74, 6) is 0.461. The molecule has 0 unspecified atom stereocenters. The van der Waals surface area contributed by atoms with Gasteiger partial charge in [0.1, 0.15) is 5.75 Å². The summed E-state index contributed by atoms with van der Waals surface area (Å²) in [7, 11) is 1.29. The molecule has 1 heterocycles. The Labute approximate surface area is 117 Å². The lowest BCUT2D eigenvalue weighted by Gasteiger charge is -2.04.